The molecule has 1 heterocycles. The predicted octanol–water partition coefficient (Wildman–Crippen LogP) is 5.91. The average molecular weight is 569 g/mol. The Balaban J connectivity index is 1.35. The van der Waals surface area contributed by atoms with E-state index >= 15 is 0 Å². The van der Waals surface area contributed by atoms with Crippen LogP contribution in [-0.2, 0) is 20.9 Å². The van der Waals surface area contributed by atoms with Crippen LogP contribution in [0.3, 0.4) is 0 Å². The van der Waals surface area contributed by atoms with Gasteiger partial charge in [0, 0.05) is 5.69 Å². The number of carbonyl (C=O) groups is 4. The van der Waals surface area contributed by atoms with Crippen LogP contribution in [0.4, 0.5) is 14.9 Å². The van der Waals surface area contributed by atoms with Crippen molar-refractivity contribution >= 4 is 58.1 Å². The largest absolute Gasteiger partial charge is 0.489 e. The maximum absolute atomic E-state index is 13.0. The maximum Gasteiger partial charge on any atom is 0.339 e. The van der Waals surface area contributed by atoms with Gasteiger partial charge in [-0.1, -0.05) is 35.9 Å². The highest BCUT2D eigenvalue weighted by Crippen LogP contribution is 2.32. The number of esters is 1. The van der Waals surface area contributed by atoms with Crippen LogP contribution < -0.4 is 10.1 Å². The number of hydrogen-bond acceptors (Lipinski definition) is 7. The maximum atomic E-state index is 13.0. The first-order valence-corrected chi connectivity index (χ1v) is 12.9. The molecule has 1 aliphatic rings. The van der Waals surface area contributed by atoms with Crippen molar-refractivity contribution in [1.82, 2.24) is 4.90 Å². The number of benzene rings is 3. The van der Waals surface area contributed by atoms with E-state index in [0.29, 0.717) is 11.3 Å². The Morgan fingerprint density at radius 1 is 1.05 bits per heavy atom. The Morgan fingerprint density at radius 3 is 2.46 bits per heavy atom. The van der Waals surface area contributed by atoms with Crippen molar-refractivity contribution in [2.75, 3.05) is 18.5 Å². The predicted molar refractivity (Wildman–Crippen MR) is 146 cm³/mol. The monoisotopic (exact) mass is 568 g/mol. The molecule has 4 rings (SSSR count). The van der Waals surface area contributed by atoms with Gasteiger partial charge >= 0.3 is 5.97 Å². The second-order valence-corrected chi connectivity index (χ2v) is 9.62. The highest BCUT2D eigenvalue weighted by Gasteiger charge is 2.36. The van der Waals surface area contributed by atoms with Gasteiger partial charge in [0.05, 0.1) is 22.1 Å². The molecule has 0 unspecified atom stereocenters. The molecule has 11 heteroatoms. The van der Waals surface area contributed by atoms with Crippen LogP contribution in [0.25, 0.3) is 6.08 Å². The van der Waals surface area contributed by atoms with Crippen molar-refractivity contribution in [1.29, 1.82) is 0 Å². The number of nitrogens with zero attached hydrogens (tertiary/aromatic N) is 1. The van der Waals surface area contributed by atoms with Gasteiger partial charge in [-0.05, 0) is 78.4 Å². The summed E-state index contributed by atoms with van der Waals surface area (Å²) in [6, 6.07) is 17.1. The summed E-state index contributed by atoms with van der Waals surface area (Å²) in [7, 11) is 0. The topological polar surface area (TPSA) is 102 Å². The number of imide groups is 1. The summed E-state index contributed by atoms with van der Waals surface area (Å²) in [4.78, 5) is 50.9. The van der Waals surface area contributed by atoms with E-state index in [9.17, 15) is 23.6 Å². The van der Waals surface area contributed by atoms with Crippen molar-refractivity contribution in [3.8, 4) is 5.75 Å². The summed E-state index contributed by atoms with van der Waals surface area (Å²) in [5.74, 6) is -1.60. The van der Waals surface area contributed by atoms with E-state index in [-0.39, 0.29) is 40.2 Å². The Hall–Kier alpha value is -4.15. The molecule has 0 aromatic heterocycles. The first kappa shape index (κ1) is 27.9. The van der Waals surface area contributed by atoms with E-state index in [4.69, 9.17) is 21.1 Å². The lowest BCUT2D eigenvalue weighted by molar-refractivity contribution is -0.127. The van der Waals surface area contributed by atoms with E-state index in [2.05, 4.69) is 5.32 Å². The molecule has 3 aromatic carbocycles. The van der Waals surface area contributed by atoms with Crippen molar-refractivity contribution in [2.45, 2.75) is 13.5 Å². The molecule has 0 atom stereocenters. The number of ether oxygens (including phenoxy) is 2. The number of amides is 3. The molecule has 1 aliphatic heterocycles. The number of halogens is 2. The van der Waals surface area contributed by atoms with Crippen molar-refractivity contribution in [3.63, 3.8) is 0 Å². The molecule has 39 heavy (non-hydrogen) atoms. The summed E-state index contributed by atoms with van der Waals surface area (Å²) in [5, 5.41) is 2.14. The molecule has 1 N–H and O–H groups in total. The van der Waals surface area contributed by atoms with Crippen LogP contribution >= 0.6 is 23.4 Å². The van der Waals surface area contributed by atoms with Crippen LogP contribution in [0.2, 0.25) is 5.02 Å². The molecule has 3 aromatic rings. The molecule has 3 amide bonds. The van der Waals surface area contributed by atoms with Crippen LogP contribution in [-0.4, -0.2) is 41.1 Å². The fourth-order valence-electron chi connectivity index (χ4n) is 3.51. The van der Waals surface area contributed by atoms with Crippen molar-refractivity contribution in [2.24, 2.45) is 0 Å². The molecule has 0 spiro atoms. The normalized spacial score (nSPS) is 14.0. The minimum atomic E-state index is -0.637. The zero-order valence-electron chi connectivity index (χ0n) is 20.6. The Morgan fingerprint density at radius 2 is 1.77 bits per heavy atom. The lowest BCUT2D eigenvalue weighted by atomic mass is 10.2. The zero-order valence-corrected chi connectivity index (χ0v) is 22.2. The van der Waals surface area contributed by atoms with Gasteiger partial charge in [-0.25, -0.2) is 9.18 Å². The number of nitrogens with one attached hydrogen (secondary N) is 1. The standard InChI is InChI=1S/C28H22ClFN2O6S/c1-2-37-27(35)22-14-20(9-12-23(22)29)31-25(33)15-32-26(34)24(39-28(32)36)13-17-5-10-21(11-6-17)38-16-18-3-7-19(30)8-4-18/h3-14H,2,15-16H2,1H3,(H,31,33)/b24-13-. The van der Waals surface area contributed by atoms with Crippen LogP contribution in [0.15, 0.2) is 71.6 Å². The number of anilines is 1. The molecule has 0 radical (unpaired) electrons. The third-order valence-electron chi connectivity index (χ3n) is 5.42. The average Bonchev–Trinajstić information content (AvgIpc) is 3.17. The van der Waals surface area contributed by atoms with Gasteiger partial charge < -0.3 is 14.8 Å². The Labute approximate surface area is 232 Å². The number of hydrogen-bond donors (Lipinski definition) is 1. The van der Waals surface area contributed by atoms with Crippen LogP contribution in [0, 0.1) is 5.82 Å². The zero-order chi connectivity index (χ0) is 27.9. The second-order valence-electron chi connectivity index (χ2n) is 8.22. The summed E-state index contributed by atoms with van der Waals surface area (Å²) >= 11 is 6.77. The second kappa shape index (κ2) is 12.6. The third kappa shape index (κ3) is 7.24. The van der Waals surface area contributed by atoms with E-state index in [1.165, 1.54) is 30.3 Å². The van der Waals surface area contributed by atoms with Gasteiger partial charge in [0.1, 0.15) is 24.7 Å². The molecule has 0 bridgehead atoms. The number of carbonyl (C=O) groups excluding carboxylic acids is 4. The molecule has 200 valence electrons. The third-order valence-corrected chi connectivity index (χ3v) is 6.65. The molecule has 1 fully saturated rings. The lowest BCUT2D eigenvalue weighted by Gasteiger charge is -2.13. The molecule has 0 aliphatic carbocycles. The number of thioether (sulfide) groups is 1. The van der Waals surface area contributed by atoms with Crippen LogP contribution in [0.5, 0.6) is 5.75 Å². The minimum Gasteiger partial charge on any atom is -0.489 e. The van der Waals surface area contributed by atoms with E-state index in [0.717, 1.165) is 22.2 Å². The fourth-order valence-corrected chi connectivity index (χ4v) is 4.54. The minimum absolute atomic E-state index is 0.0808. The molecule has 1 saturated heterocycles. The Kier molecular flexibility index (Phi) is 9.00. The molecule has 8 nitrogen and oxygen atoms in total. The molecular weight excluding hydrogens is 547 g/mol. The highest BCUT2D eigenvalue weighted by molar-refractivity contribution is 8.18. The van der Waals surface area contributed by atoms with Gasteiger partial charge in [0.2, 0.25) is 5.91 Å². The van der Waals surface area contributed by atoms with Gasteiger partial charge in [0.15, 0.2) is 0 Å². The smallest absolute Gasteiger partial charge is 0.339 e. The van der Waals surface area contributed by atoms with E-state index in [1.807, 2.05) is 0 Å². The van der Waals surface area contributed by atoms with Gasteiger partial charge in [-0.15, -0.1) is 0 Å². The lowest BCUT2D eigenvalue weighted by Crippen LogP contribution is -2.36. The molecular formula is C28H22ClFN2O6S. The first-order valence-electron chi connectivity index (χ1n) is 11.7. The van der Waals surface area contributed by atoms with E-state index in [1.54, 1.807) is 49.4 Å². The van der Waals surface area contributed by atoms with E-state index < -0.39 is 29.6 Å². The summed E-state index contributed by atoms with van der Waals surface area (Å²) in [6.45, 7) is 1.58. The van der Waals surface area contributed by atoms with Gasteiger partial charge in [-0.2, -0.15) is 0 Å². The summed E-state index contributed by atoms with van der Waals surface area (Å²) in [6.07, 6.45) is 1.55. The summed E-state index contributed by atoms with van der Waals surface area (Å²) < 4.78 is 23.7. The van der Waals surface area contributed by atoms with Gasteiger partial charge in [-0.3, -0.25) is 19.3 Å². The summed E-state index contributed by atoms with van der Waals surface area (Å²) in [5.41, 5.74) is 1.81. The van der Waals surface area contributed by atoms with Crippen molar-refractivity contribution < 1.29 is 33.0 Å². The van der Waals surface area contributed by atoms with Gasteiger partial charge in [0.25, 0.3) is 11.1 Å². The molecule has 0 saturated carbocycles. The Bertz CT molecular complexity index is 1440. The first-order chi connectivity index (χ1) is 18.7. The highest BCUT2D eigenvalue weighted by atomic mass is 35.5. The number of rotatable bonds is 9. The quantitative estimate of drug-likeness (QED) is 0.253. The van der Waals surface area contributed by atoms with Crippen LogP contribution in [0.1, 0.15) is 28.4 Å². The SMILES string of the molecule is CCOC(=O)c1cc(NC(=O)CN2C(=O)S/C(=C\c3ccc(OCc4ccc(F)cc4)cc3)C2=O)ccc1Cl. The van der Waals surface area contributed by atoms with Crippen molar-refractivity contribution in [3.05, 3.63) is 99.2 Å². The fraction of sp³-hybridized carbons (Fsp3) is 0.143.